The number of ether oxygens (including phenoxy) is 1. The van der Waals surface area contributed by atoms with Crippen molar-refractivity contribution in [2.75, 3.05) is 38.6 Å². The fraction of sp³-hybridized carbons (Fsp3) is 0.550. The molecule has 30 heavy (non-hydrogen) atoms. The van der Waals surface area contributed by atoms with Gasteiger partial charge in [0.2, 0.25) is 10.0 Å². The Balaban J connectivity index is 1.75. The summed E-state index contributed by atoms with van der Waals surface area (Å²) in [5.74, 6) is -0.695. The van der Waals surface area contributed by atoms with E-state index >= 15 is 0 Å². The van der Waals surface area contributed by atoms with E-state index in [1.807, 2.05) is 0 Å². The maximum absolute atomic E-state index is 12.8. The molecule has 2 aromatic rings. The van der Waals surface area contributed by atoms with E-state index in [0.717, 1.165) is 19.3 Å². The van der Waals surface area contributed by atoms with E-state index in [2.05, 4.69) is 17.3 Å². The molecule has 9 nitrogen and oxygen atoms in total. The van der Waals surface area contributed by atoms with Gasteiger partial charge in [-0.25, -0.2) is 13.1 Å². The number of carbonyl (C=O) groups excluding carboxylic acids is 1. The summed E-state index contributed by atoms with van der Waals surface area (Å²) < 4.78 is 32.7. The second kappa shape index (κ2) is 10.1. The first-order chi connectivity index (χ1) is 14.4. The lowest BCUT2D eigenvalue weighted by Crippen LogP contribution is -2.44. The maximum Gasteiger partial charge on any atom is 0.274 e. The Hall–Kier alpha value is -2.30. The number of sulfonamides is 1. The van der Waals surface area contributed by atoms with Crippen molar-refractivity contribution in [2.45, 2.75) is 32.7 Å². The number of aromatic nitrogens is 2. The maximum atomic E-state index is 12.8. The van der Waals surface area contributed by atoms with Crippen molar-refractivity contribution in [1.82, 2.24) is 19.4 Å². The highest BCUT2D eigenvalue weighted by atomic mass is 32.2. The predicted octanol–water partition coefficient (Wildman–Crippen LogP) is 0.979. The molecule has 0 radical (unpaired) electrons. The highest BCUT2D eigenvalue weighted by Crippen LogP contribution is 2.14. The molecule has 10 heteroatoms. The molecule has 1 N–H and O–H groups in total. The van der Waals surface area contributed by atoms with Gasteiger partial charge in [-0.3, -0.25) is 9.59 Å². The molecule has 1 aliphatic rings. The summed E-state index contributed by atoms with van der Waals surface area (Å²) >= 11 is 0. The number of aryl methyl sites for hydroxylation is 1. The number of rotatable bonds is 9. The number of morpholine rings is 1. The van der Waals surface area contributed by atoms with Gasteiger partial charge in [0.25, 0.3) is 11.5 Å². The van der Waals surface area contributed by atoms with Gasteiger partial charge in [-0.15, -0.1) is 0 Å². The predicted molar refractivity (Wildman–Crippen MR) is 114 cm³/mol. The lowest BCUT2D eigenvalue weighted by atomic mass is 10.1. The summed E-state index contributed by atoms with van der Waals surface area (Å²) in [6, 6.07) is 6.84. The Morgan fingerprint density at radius 2 is 1.87 bits per heavy atom. The number of amides is 1. The van der Waals surface area contributed by atoms with Crippen LogP contribution in [0.15, 0.2) is 29.1 Å². The van der Waals surface area contributed by atoms with Crippen LogP contribution < -0.4 is 10.9 Å². The van der Waals surface area contributed by atoms with Crippen molar-refractivity contribution < 1.29 is 17.9 Å². The van der Waals surface area contributed by atoms with E-state index < -0.39 is 15.9 Å². The standard InChI is InChI=1S/C20H28N4O5S/c1-2-3-6-10-24-20(26)17-8-5-4-7-16(17)18(22-24)19(25)21-9-15-30(27,28)23-11-13-29-14-12-23/h4-5,7-8H,2-3,6,9-15H2,1H3,(H,21,25). The van der Waals surface area contributed by atoms with Crippen molar-refractivity contribution >= 4 is 26.7 Å². The average molecular weight is 437 g/mol. The molecule has 0 saturated carbocycles. The monoisotopic (exact) mass is 436 g/mol. The number of unbranched alkanes of at least 4 members (excludes halogenated alkanes) is 2. The van der Waals surface area contributed by atoms with Crippen LogP contribution >= 0.6 is 0 Å². The minimum absolute atomic E-state index is 0.0382. The number of carbonyl (C=O) groups is 1. The van der Waals surface area contributed by atoms with E-state index in [1.54, 1.807) is 24.3 Å². The summed E-state index contributed by atoms with van der Waals surface area (Å²) in [5.41, 5.74) is -0.0985. The molecule has 164 valence electrons. The van der Waals surface area contributed by atoms with Gasteiger partial charge < -0.3 is 10.1 Å². The summed E-state index contributed by atoms with van der Waals surface area (Å²) in [6.45, 7) is 3.87. The molecule has 0 aliphatic carbocycles. The molecule has 1 aromatic carbocycles. The quantitative estimate of drug-likeness (QED) is 0.587. The van der Waals surface area contributed by atoms with Gasteiger partial charge in [0.1, 0.15) is 0 Å². The fourth-order valence-corrected chi connectivity index (χ4v) is 4.72. The Bertz CT molecular complexity index is 1040. The molecule has 0 atom stereocenters. The topological polar surface area (TPSA) is 111 Å². The normalized spacial score (nSPS) is 15.4. The first kappa shape index (κ1) is 22.4. The minimum Gasteiger partial charge on any atom is -0.379 e. The SMILES string of the molecule is CCCCCn1nc(C(=O)NCCS(=O)(=O)N2CCOCC2)c2ccccc2c1=O. The minimum atomic E-state index is -3.47. The van der Waals surface area contributed by atoms with Crippen LogP contribution in [0.25, 0.3) is 10.8 Å². The van der Waals surface area contributed by atoms with E-state index in [4.69, 9.17) is 4.74 Å². The highest BCUT2D eigenvalue weighted by molar-refractivity contribution is 7.89. The first-order valence-electron chi connectivity index (χ1n) is 10.3. The van der Waals surface area contributed by atoms with E-state index in [0.29, 0.717) is 43.6 Å². The summed E-state index contributed by atoms with van der Waals surface area (Å²) in [6.07, 6.45) is 2.76. The molecule has 1 amide bonds. The number of nitrogens with one attached hydrogen (secondary N) is 1. The van der Waals surface area contributed by atoms with Crippen molar-refractivity contribution in [3.8, 4) is 0 Å². The van der Waals surface area contributed by atoms with E-state index in [-0.39, 0.29) is 23.6 Å². The van der Waals surface area contributed by atoms with Crippen LogP contribution in [0.4, 0.5) is 0 Å². The van der Waals surface area contributed by atoms with Crippen LogP contribution in [0, 0.1) is 0 Å². The second-order valence-corrected chi connectivity index (χ2v) is 9.30. The zero-order chi connectivity index (χ0) is 21.6. The van der Waals surface area contributed by atoms with Gasteiger partial charge in [0, 0.05) is 31.6 Å². The smallest absolute Gasteiger partial charge is 0.274 e. The van der Waals surface area contributed by atoms with Crippen molar-refractivity contribution in [3.63, 3.8) is 0 Å². The molecule has 1 aliphatic heterocycles. The molecule has 1 aromatic heterocycles. The number of hydrogen-bond acceptors (Lipinski definition) is 6. The van der Waals surface area contributed by atoms with Crippen LogP contribution in [0.2, 0.25) is 0 Å². The van der Waals surface area contributed by atoms with Gasteiger partial charge in [0.05, 0.1) is 24.4 Å². The summed E-state index contributed by atoms with van der Waals surface area (Å²) in [7, 11) is -3.47. The van der Waals surface area contributed by atoms with Crippen molar-refractivity contribution in [2.24, 2.45) is 0 Å². The van der Waals surface area contributed by atoms with E-state index in [1.165, 1.54) is 8.99 Å². The second-order valence-electron chi connectivity index (χ2n) is 7.21. The highest BCUT2D eigenvalue weighted by Gasteiger charge is 2.24. The molecule has 0 bridgehead atoms. The Morgan fingerprint density at radius 3 is 2.57 bits per heavy atom. The summed E-state index contributed by atoms with van der Waals surface area (Å²) in [5, 5.41) is 7.83. The van der Waals surface area contributed by atoms with Crippen LogP contribution in [-0.4, -0.2) is 67.0 Å². The molecule has 1 saturated heterocycles. The molecule has 3 rings (SSSR count). The molecular formula is C20H28N4O5S. The molecule has 0 unspecified atom stereocenters. The number of benzene rings is 1. The van der Waals surface area contributed by atoms with Gasteiger partial charge in [-0.2, -0.15) is 9.40 Å². The van der Waals surface area contributed by atoms with Crippen LogP contribution in [0.1, 0.15) is 36.7 Å². The van der Waals surface area contributed by atoms with Gasteiger partial charge in [0.15, 0.2) is 5.69 Å². The zero-order valence-electron chi connectivity index (χ0n) is 17.2. The number of hydrogen-bond donors (Lipinski definition) is 1. The third-order valence-electron chi connectivity index (χ3n) is 5.07. The van der Waals surface area contributed by atoms with Crippen LogP contribution in [-0.2, 0) is 21.3 Å². The van der Waals surface area contributed by atoms with E-state index in [9.17, 15) is 18.0 Å². The third kappa shape index (κ3) is 5.24. The first-order valence-corrected chi connectivity index (χ1v) is 11.9. The largest absolute Gasteiger partial charge is 0.379 e. The Labute approximate surface area is 176 Å². The summed E-state index contributed by atoms with van der Waals surface area (Å²) in [4.78, 5) is 25.5. The third-order valence-corrected chi connectivity index (χ3v) is 6.94. The van der Waals surface area contributed by atoms with Gasteiger partial charge in [-0.05, 0) is 12.5 Å². The number of fused-ring (bicyclic) bond motifs is 1. The van der Waals surface area contributed by atoms with Crippen molar-refractivity contribution in [1.29, 1.82) is 0 Å². The van der Waals surface area contributed by atoms with Gasteiger partial charge >= 0.3 is 0 Å². The van der Waals surface area contributed by atoms with Crippen LogP contribution in [0.3, 0.4) is 0 Å². The molecule has 0 spiro atoms. The number of nitrogens with zero attached hydrogens (tertiary/aromatic N) is 3. The Kier molecular flexibility index (Phi) is 7.57. The van der Waals surface area contributed by atoms with Crippen LogP contribution in [0.5, 0.6) is 0 Å². The average Bonchev–Trinajstić information content (AvgIpc) is 2.76. The molecular weight excluding hydrogens is 408 g/mol. The zero-order valence-corrected chi connectivity index (χ0v) is 18.0. The lowest BCUT2D eigenvalue weighted by molar-refractivity contribution is 0.0730. The Morgan fingerprint density at radius 1 is 1.17 bits per heavy atom. The van der Waals surface area contributed by atoms with Gasteiger partial charge in [-0.1, -0.05) is 38.0 Å². The molecule has 1 fully saturated rings. The lowest BCUT2D eigenvalue weighted by Gasteiger charge is -2.26. The van der Waals surface area contributed by atoms with Crippen molar-refractivity contribution in [3.05, 3.63) is 40.3 Å². The molecule has 2 heterocycles. The fourth-order valence-electron chi connectivity index (χ4n) is 3.40.